The molecule has 0 atom stereocenters. The Morgan fingerprint density at radius 2 is 1.81 bits per heavy atom. The van der Waals surface area contributed by atoms with Crippen LogP contribution in [0.3, 0.4) is 0 Å². The van der Waals surface area contributed by atoms with Gasteiger partial charge in [-0.15, -0.1) is 0 Å². The molecule has 0 aliphatic heterocycles. The zero-order valence-corrected chi connectivity index (χ0v) is 21.9. The average Bonchev–Trinajstić information content (AvgIpc) is 3.02. The van der Waals surface area contributed by atoms with Crippen molar-refractivity contribution in [3.63, 3.8) is 0 Å². The Morgan fingerprint density at radius 1 is 1.19 bits per heavy atom. The van der Waals surface area contributed by atoms with Crippen molar-refractivity contribution in [1.29, 1.82) is 5.26 Å². The standard InChI is InChI=1S/C10H12BrN3.C9H11BrN2O2.CBrN/c1-2-5-14-9-4-3-7(11)6-8(9)13-10(14)12;1-2-5-11-8-4-3-7(10)6-9(8)12(13)14;2-1-3/h3-4,6H,2,5H2,1H3,(H2,12,13);3-4,6,11H,2,5H2,1H3;. The van der Waals surface area contributed by atoms with Gasteiger partial charge in [0.2, 0.25) is 5.95 Å². The Balaban J connectivity index is 0.000000275. The SMILES string of the molecule is CCCNc1ccc(Br)cc1[N+](=O)[O-].CCCn1c(N)nc2cc(Br)ccc21.N#CBr. The second-order valence-electron chi connectivity index (χ2n) is 6.18. The normalized spacial score (nSPS) is 9.68. The van der Waals surface area contributed by atoms with E-state index in [4.69, 9.17) is 11.0 Å². The lowest BCUT2D eigenvalue weighted by Gasteiger charge is -2.05. The lowest BCUT2D eigenvalue weighted by molar-refractivity contribution is -0.384. The zero-order valence-electron chi connectivity index (χ0n) is 17.1. The van der Waals surface area contributed by atoms with E-state index in [1.807, 2.05) is 29.7 Å². The number of nitrogen functional groups attached to an aromatic ring is 1. The van der Waals surface area contributed by atoms with Crippen LogP contribution in [0.1, 0.15) is 26.7 Å². The van der Waals surface area contributed by atoms with Crippen LogP contribution >= 0.6 is 47.8 Å². The van der Waals surface area contributed by atoms with Gasteiger partial charge in [-0.3, -0.25) is 10.1 Å². The van der Waals surface area contributed by atoms with Gasteiger partial charge < -0.3 is 15.6 Å². The van der Waals surface area contributed by atoms with E-state index < -0.39 is 0 Å². The lowest BCUT2D eigenvalue weighted by atomic mass is 10.2. The highest BCUT2D eigenvalue weighted by Crippen LogP contribution is 2.27. The van der Waals surface area contributed by atoms with Crippen LogP contribution in [0, 0.1) is 20.4 Å². The molecule has 0 spiro atoms. The number of imidazole rings is 1. The number of aryl methyl sites for hydroxylation is 1. The number of nitro groups is 1. The Morgan fingerprint density at radius 3 is 2.39 bits per heavy atom. The largest absolute Gasteiger partial charge is 0.380 e. The number of nitrogens with zero attached hydrogens (tertiary/aromatic N) is 4. The Hall–Kier alpha value is -2.16. The summed E-state index contributed by atoms with van der Waals surface area (Å²) < 4.78 is 3.79. The maximum atomic E-state index is 10.7. The number of nitriles is 1. The van der Waals surface area contributed by atoms with Crippen molar-refractivity contribution in [1.82, 2.24) is 9.55 Å². The number of rotatable bonds is 6. The molecule has 0 saturated heterocycles. The highest BCUT2D eigenvalue weighted by Gasteiger charge is 2.13. The van der Waals surface area contributed by atoms with Gasteiger partial charge in [0.25, 0.3) is 5.69 Å². The van der Waals surface area contributed by atoms with Crippen LogP contribution in [0.25, 0.3) is 11.0 Å². The molecule has 8 nitrogen and oxygen atoms in total. The zero-order chi connectivity index (χ0) is 23.4. The van der Waals surface area contributed by atoms with Crippen LogP contribution in [0.4, 0.5) is 17.3 Å². The Kier molecular flexibility index (Phi) is 12.1. The Bertz CT molecular complexity index is 1050. The van der Waals surface area contributed by atoms with E-state index in [1.165, 1.54) is 6.07 Å². The number of aromatic nitrogens is 2. The number of nitrogens with one attached hydrogen (secondary N) is 1. The number of hydrogen-bond donors (Lipinski definition) is 2. The molecule has 3 rings (SSSR count). The first-order chi connectivity index (χ1) is 14.8. The van der Waals surface area contributed by atoms with Crippen LogP contribution in [0.5, 0.6) is 0 Å². The number of halogens is 3. The summed E-state index contributed by atoms with van der Waals surface area (Å²) in [5.74, 6) is 0.597. The van der Waals surface area contributed by atoms with Crippen LogP contribution in [-0.2, 0) is 6.54 Å². The number of fused-ring (bicyclic) bond motifs is 1. The van der Waals surface area contributed by atoms with Gasteiger partial charge in [-0.05, 0) is 43.2 Å². The fourth-order valence-corrected chi connectivity index (χ4v) is 3.34. The van der Waals surface area contributed by atoms with E-state index in [-0.39, 0.29) is 10.6 Å². The molecule has 0 radical (unpaired) electrons. The van der Waals surface area contributed by atoms with E-state index in [9.17, 15) is 10.1 Å². The molecule has 11 heteroatoms. The van der Waals surface area contributed by atoms with Crippen molar-refractivity contribution in [2.24, 2.45) is 0 Å². The highest BCUT2D eigenvalue weighted by atomic mass is 79.9. The summed E-state index contributed by atoms with van der Waals surface area (Å²) in [4.78, 5) is 16.2. The van der Waals surface area contributed by atoms with E-state index in [0.717, 1.165) is 41.4 Å². The monoisotopic (exact) mass is 616 g/mol. The first-order valence-corrected chi connectivity index (χ1v) is 11.8. The fraction of sp³-hybridized carbons (Fsp3) is 0.300. The summed E-state index contributed by atoms with van der Waals surface area (Å²) in [7, 11) is 0. The molecular weight excluding hydrogens is 596 g/mol. The van der Waals surface area contributed by atoms with Crippen molar-refractivity contribution in [2.75, 3.05) is 17.6 Å². The Labute approximate surface area is 206 Å². The number of nitro benzene ring substituents is 1. The molecule has 31 heavy (non-hydrogen) atoms. The number of hydrogen-bond acceptors (Lipinski definition) is 6. The van der Waals surface area contributed by atoms with Crippen molar-refractivity contribution in [3.05, 3.63) is 55.5 Å². The molecule has 0 aliphatic carbocycles. The molecule has 3 aromatic rings. The second-order valence-corrected chi connectivity index (χ2v) is 8.37. The predicted octanol–water partition coefficient (Wildman–Crippen LogP) is 6.83. The van der Waals surface area contributed by atoms with Gasteiger partial charge in [0.05, 0.1) is 16.0 Å². The fourth-order valence-electron chi connectivity index (χ4n) is 2.65. The summed E-state index contributed by atoms with van der Waals surface area (Å²) in [5, 5.41) is 20.9. The third-order valence-electron chi connectivity index (χ3n) is 3.91. The van der Waals surface area contributed by atoms with E-state index >= 15 is 0 Å². The molecular formula is C20H23Br3N6O2. The first kappa shape index (κ1) is 26.9. The van der Waals surface area contributed by atoms with E-state index in [2.05, 4.69) is 65.0 Å². The first-order valence-electron chi connectivity index (χ1n) is 9.37. The smallest absolute Gasteiger partial charge is 0.293 e. The van der Waals surface area contributed by atoms with Gasteiger partial charge in [0, 0.05) is 44.0 Å². The molecule has 0 bridgehead atoms. The summed E-state index contributed by atoms with van der Waals surface area (Å²) in [5.41, 5.74) is 8.55. The van der Waals surface area contributed by atoms with Crippen molar-refractivity contribution in [2.45, 2.75) is 33.2 Å². The number of benzene rings is 2. The third kappa shape index (κ3) is 8.47. The molecule has 1 aromatic heterocycles. The molecule has 166 valence electrons. The molecule has 1 heterocycles. The van der Waals surface area contributed by atoms with Gasteiger partial charge >= 0.3 is 0 Å². The van der Waals surface area contributed by atoms with Gasteiger partial charge in [-0.25, -0.2) is 4.98 Å². The molecule has 0 unspecified atom stereocenters. The molecule has 0 saturated carbocycles. The van der Waals surface area contributed by atoms with Gasteiger partial charge in [0.1, 0.15) is 10.7 Å². The quantitative estimate of drug-likeness (QED) is 0.230. The van der Waals surface area contributed by atoms with E-state index in [0.29, 0.717) is 16.1 Å². The van der Waals surface area contributed by atoms with E-state index in [1.54, 1.807) is 17.1 Å². The number of anilines is 2. The number of nitrogens with two attached hydrogens (primary N) is 1. The average molecular weight is 619 g/mol. The molecule has 2 aromatic carbocycles. The third-order valence-corrected chi connectivity index (χ3v) is 4.90. The van der Waals surface area contributed by atoms with Crippen molar-refractivity contribution < 1.29 is 4.92 Å². The van der Waals surface area contributed by atoms with Crippen LogP contribution in [0.15, 0.2) is 45.3 Å². The highest BCUT2D eigenvalue weighted by molar-refractivity contribution is 9.12. The van der Waals surface area contributed by atoms with Crippen molar-refractivity contribution >= 4 is 76.1 Å². The lowest BCUT2D eigenvalue weighted by Crippen LogP contribution is -2.02. The maximum Gasteiger partial charge on any atom is 0.293 e. The van der Waals surface area contributed by atoms with Crippen LogP contribution in [-0.4, -0.2) is 21.0 Å². The minimum atomic E-state index is -0.386. The molecule has 0 fully saturated rings. The predicted molar refractivity (Wildman–Crippen MR) is 136 cm³/mol. The second kappa shape index (κ2) is 14.0. The maximum absolute atomic E-state index is 10.7. The topological polar surface area (TPSA) is 123 Å². The molecule has 0 aliphatic rings. The van der Waals surface area contributed by atoms with Gasteiger partial charge in [-0.2, -0.15) is 5.26 Å². The van der Waals surface area contributed by atoms with Crippen LogP contribution in [0.2, 0.25) is 0 Å². The van der Waals surface area contributed by atoms with Gasteiger partial charge in [-0.1, -0.05) is 45.7 Å². The summed E-state index contributed by atoms with van der Waals surface area (Å²) in [6.45, 7) is 5.80. The summed E-state index contributed by atoms with van der Waals surface area (Å²) in [6.07, 6.45) is 2.00. The van der Waals surface area contributed by atoms with Gasteiger partial charge in [0.15, 0.2) is 0 Å². The van der Waals surface area contributed by atoms with Crippen molar-refractivity contribution in [3.8, 4) is 4.98 Å². The summed E-state index contributed by atoms with van der Waals surface area (Å²) in [6, 6.07) is 11.0. The minimum absolute atomic E-state index is 0.104. The minimum Gasteiger partial charge on any atom is -0.380 e. The summed E-state index contributed by atoms with van der Waals surface area (Å²) >= 11 is 9.07. The molecule has 0 amide bonds. The molecule has 3 N–H and O–H groups in total. The van der Waals surface area contributed by atoms with Crippen LogP contribution < -0.4 is 11.1 Å².